The highest BCUT2D eigenvalue weighted by Gasteiger charge is 2.56. The number of benzene rings is 1. The van der Waals surface area contributed by atoms with Gasteiger partial charge in [0.2, 0.25) is 11.8 Å². The van der Waals surface area contributed by atoms with E-state index in [1.165, 1.54) is 21.6 Å². The number of likely N-dealkylation sites (tertiary alicyclic amines) is 1. The highest BCUT2D eigenvalue weighted by Crippen LogP contribution is 2.50. The molecule has 1 N–H and O–H groups in total. The monoisotopic (exact) mass is 515 g/mol. The van der Waals surface area contributed by atoms with Crippen LogP contribution < -0.4 is 0 Å². The van der Waals surface area contributed by atoms with Crippen LogP contribution in [-0.4, -0.2) is 41.1 Å². The second kappa shape index (κ2) is 10.1. The number of amides is 2. The van der Waals surface area contributed by atoms with Crippen LogP contribution >= 0.6 is 15.9 Å². The molecule has 5 nitrogen and oxygen atoms in total. The van der Waals surface area contributed by atoms with Gasteiger partial charge in [0.15, 0.2) is 0 Å². The molecule has 0 spiro atoms. The molecule has 1 aliphatic carbocycles. The zero-order chi connectivity index (χ0) is 23.7. The zero-order valence-electron chi connectivity index (χ0n) is 19.8. The van der Waals surface area contributed by atoms with Gasteiger partial charge in [-0.1, -0.05) is 53.9 Å². The van der Waals surface area contributed by atoms with E-state index in [1.54, 1.807) is 6.07 Å². The summed E-state index contributed by atoms with van der Waals surface area (Å²) in [4.78, 5) is 27.6. The predicted octanol–water partition coefficient (Wildman–Crippen LogP) is 5.86. The van der Waals surface area contributed by atoms with E-state index < -0.39 is 0 Å². The van der Waals surface area contributed by atoms with Gasteiger partial charge in [-0.3, -0.25) is 14.5 Å². The van der Waals surface area contributed by atoms with Gasteiger partial charge in [0.05, 0.1) is 24.5 Å². The molecule has 2 aliphatic heterocycles. The van der Waals surface area contributed by atoms with E-state index in [-0.39, 0.29) is 41.4 Å². The Morgan fingerprint density at radius 3 is 2.70 bits per heavy atom. The minimum absolute atomic E-state index is 0.0000774. The van der Waals surface area contributed by atoms with Gasteiger partial charge in [0.1, 0.15) is 5.75 Å². The van der Waals surface area contributed by atoms with Crippen LogP contribution in [0.25, 0.3) is 6.08 Å². The molecule has 0 radical (unpaired) electrons. The normalized spacial score (nSPS) is 27.4. The summed E-state index contributed by atoms with van der Waals surface area (Å²) in [5.41, 5.74) is 4.67. The van der Waals surface area contributed by atoms with Crippen LogP contribution in [0.5, 0.6) is 5.75 Å². The molecule has 2 fully saturated rings. The molecule has 0 saturated carbocycles. The Morgan fingerprint density at radius 2 is 2.00 bits per heavy atom. The van der Waals surface area contributed by atoms with Gasteiger partial charge in [0.25, 0.3) is 0 Å². The number of allylic oxidation sites excluding steroid dienone is 2. The number of carbonyl (C=O) groups is 2. The van der Waals surface area contributed by atoms with E-state index in [2.05, 4.69) is 35.9 Å². The summed E-state index contributed by atoms with van der Waals surface area (Å²) in [6.07, 6.45) is 7.06. The molecule has 6 heteroatoms. The van der Waals surface area contributed by atoms with Crippen molar-refractivity contribution in [2.24, 2.45) is 17.8 Å². The van der Waals surface area contributed by atoms with Crippen LogP contribution in [-0.2, 0) is 14.3 Å². The lowest BCUT2D eigenvalue weighted by Gasteiger charge is -2.31. The van der Waals surface area contributed by atoms with Gasteiger partial charge in [-0.2, -0.15) is 0 Å². The number of ether oxygens (including phenoxy) is 1. The van der Waals surface area contributed by atoms with Crippen LogP contribution in [0.4, 0.5) is 0 Å². The first-order valence-corrected chi connectivity index (χ1v) is 13.0. The summed E-state index contributed by atoms with van der Waals surface area (Å²) in [6, 6.07) is 5.46. The van der Waals surface area contributed by atoms with Gasteiger partial charge in [-0.15, -0.1) is 0 Å². The molecule has 33 heavy (non-hydrogen) atoms. The lowest BCUT2D eigenvalue weighted by molar-refractivity contribution is -0.140. The summed E-state index contributed by atoms with van der Waals surface area (Å²) in [6.45, 7) is 7.33. The Labute approximate surface area is 205 Å². The molecule has 178 valence electrons. The van der Waals surface area contributed by atoms with E-state index >= 15 is 0 Å². The number of rotatable bonds is 8. The molecule has 1 aromatic carbocycles. The van der Waals surface area contributed by atoms with Crippen molar-refractivity contribution in [1.82, 2.24) is 4.90 Å². The Balaban J connectivity index is 1.53. The average molecular weight is 516 g/mol. The molecule has 2 saturated heterocycles. The number of phenols is 1. The lowest BCUT2D eigenvalue weighted by atomic mass is 9.69. The SMILES string of the molecule is CCCN1C(=O)[C@@H]2[C@@H](CC(CC)=C3[C@@H](CC/C(=C/c4cc(Br)ccc4O)CC)OC[C@@H]32)C1=O. The Morgan fingerprint density at radius 1 is 1.21 bits per heavy atom. The molecular weight excluding hydrogens is 482 g/mol. The Kier molecular flexibility index (Phi) is 7.44. The van der Waals surface area contributed by atoms with Crippen molar-refractivity contribution < 1.29 is 19.4 Å². The van der Waals surface area contributed by atoms with Crippen molar-refractivity contribution in [2.75, 3.05) is 13.2 Å². The van der Waals surface area contributed by atoms with Crippen molar-refractivity contribution in [3.05, 3.63) is 45.0 Å². The average Bonchev–Trinajstić information content (AvgIpc) is 3.33. The minimum Gasteiger partial charge on any atom is -0.507 e. The van der Waals surface area contributed by atoms with E-state index in [4.69, 9.17) is 4.74 Å². The van der Waals surface area contributed by atoms with E-state index in [1.807, 2.05) is 19.1 Å². The first kappa shape index (κ1) is 24.2. The summed E-state index contributed by atoms with van der Waals surface area (Å²) < 4.78 is 7.22. The van der Waals surface area contributed by atoms with Crippen molar-refractivity contribution >= 4 is 33.8 Å². The highest BCUT2D eigenvalue weighted by molar-refractivity contribution is 9.10. The second-order valence-corrected chi connectivity index (χ2v) is 10.3. The quantitative estimate of drug-likeness (QED) is 0.347. The molecule has 1 aromatic rings. The van der Waals surface area contributed by atoms with Gasteiger partial charge in [-0.05, 0) is 62.3 Å². The number of halogens is 1. The second-order valence-electron chi connectivity index (χ2n) is 9.40. The highest BCUT2D eigenvalue weighted by atomic mass is 79.9. The van der Waals surface area contributed by atoms with Crippen molar-refractivity contribution in [3.63, 3.8) is 0 Å². The van der Waals surface area contributed by atoms with Gasteiger partial charge in [-0.25, -0.2) is 0 Å². The number of phenolic OH excluding ortho intramolecular Hbond substituents is 1. The third-order valence-corrected chi connectivity index (χ3v) is 8.00. The maximum atomic E-state index is 13.1. The van der Waals surface area contributed by atoms with Crippen LogP contribution in [0.3, 0.4) is 0 Å². The largest absolute Gasteiger partial charge is 0.507 e. The maximum absolute atomic E-state index is 13.1. The van der Waals surface area contributed by atoms with Crippen LogP contribution in [0, 0.1) is 17.8 Å². The van der Waals surface area contributed by atoms with Crippen LogP contribution in [0.1, 0.15) is 64.9 Å². The Hall–Kier alpha value is -1.92. The van der Waals surface area contributed by atoms with Crippen LogP contribution in [0.15, 0.2) is 39.4 Å². The number of hydrogen-bond acceptors (Lipinski definition) is 4. The minimum atomic E-state index is -0.251. The molecular formula is C27H34BrNO4. The van der Waals surface area contributed by atoms with Crippen molar-refractivity contribution in [2.45, 2.75) is 65.4 Å². The number of carbonyl (C=O) groups excluding carboxylic acids is 2. The summed E-state index contributed by atoms with van der Waals surface area (Å²) >= 11 is 3.48. The molecule has 2 heterocycles. The number of aromatic hydroxyl groups is 1. The Bertz CT molecular complexity index is 998. The predicted molar refractivity (Wildman–Crippen MR) is 132 cm³/mol. The molecule has 3 aliphatic rings. The van der Waals surface area contributed by atoms with E-state index in [9.17, 15) is 14.7 Å². The first-order chi connectivity index (χ1) is 15.9. The summed E-state index contributed by atoms with van der Waals surface area (Å²) in [5.74, 6) is -0.125. The molecule has 0 bridgehead atoms. The van der Waals surface area contributed by atoms with Crippen molar-refractivity contribution in [1.29, 1.82) is 0 Å². The maximum Gasteiger partial charge on any atom is 0.233 e. The fraction of sp³-hybridized carbons (Fsp3) is 0.556. The third kappa shape index (κ3) is 4.57. The number of nitrogens with zero attached hydrogens (tertiary/aromatic N) is 1. The van der Waals surface area contributed by atoms with Gasteiger partial charge < -0.3 is 9.84 Å². The summed E-state index contributed by atoms with van der Waals surface area (Å²) in [5, 5.41) is 10.2. The number of fused-ring (bicyclic) bond motifs is 3. The lowest BCUT2D eigenvalue weighted by Crippen LogP contribution is -2.34. The first-order valence-electron chi connectivity index (χ1n) is 12.3. The van der Waals surface area contributed by atoms with Gasteiger partial charge in [0, 0.05) is 22.5 Å². The molecule has 0 unspecified atom stereocenters. The topological polar surface area (TPSA) is 66.8 Å². The van der Waals surface area contributed by atoms with E-state index in [0.717, 1.165) is 42.1 Å². The van der Waals surface area contributed by atoms with E-state index in [0.29, 0.717) is 19.6 Å². The van der Waals surface area contributed by atoms with Crippen molar-refractivity contribution in [3.8, 4) is 5.75 Å². The standard InChI is InChI=1S/C27H34BrNO4/c1-4-11-29-26(31)20-14-17(6-3)24-21(25(20)27(29)32)15-33-23(24)10-7-16(5-2)12-18-13-19(28)8-9-22(18)30/h8-9,12-13,20-21,23,25,30H,4-7,10-11,14-15H2,1-3H3/b16-12+/t20-,21+,23-,25-/m1/s1. The molecule has 0 aromatic heterocycles. The fourth-order valence-corrected chi connectivity index (χ4v) is 6.23. The smallest absolute Gasteiger partial charge is 0.233 e. The third-order valence-electron chi connectivity index (χ3n) is 7.50. The zero-order valence-corrected chi connectivity index (χ0v) is 21.4. The molecule has 4 atom stereocenters. The number of imide groups is 1. The molecule has 2 amide bonds. The molecule has 4 rings (SSSR count). The van der Waals surface area contributed by atoms with Crippen LogP contribution in [0.2, 0.25) is 0 Å². The number of hydrogen-bond donors (Lipinski definition) is 1. The fourth-order valence-electron chi connectivity index (χ4n) is 5.85. The summed E-state index contributed by atoms with van der Waals surface area (Å²) in [7, 11) is 0. The van der Waals surface area contributed by atoms with Gasteiger partial charge >= 0.3 is 0 Å².